The summed E-state index contributed by atoms with van der Waals surface area (Å²) >= 11 is 8.74. The van der Waals surface area contributed by atoms with Crippen molar-refractivity contribution in [2.75, 3.05) is 60.0 Å². The summed E-state index contributed by atoms with van der Waals surface area (Å²) in [6.45, 7) is 20.2. The maximum absolute atomic E-state index is 9.54. The van der Waals surface area contributed by atoms with Crippen molar-refractivity contribution in [2.45, 2.75) is 142 Å². The van der Waals surface area contributed by atoms with E-state index in [1.165, 1.54) is 6.42 Å². The molecule has 2 unspecified atom stereocenters. The zero-order valence-corrected chi connectivity index (χ0v) is 51.6. The molecule has 0 aromatic carbocycles. The van der Waals surface area contributed by atoms with Gasteiger partial charge in [0.25, 0.3) is 0 Å². The van der Waals surface area contributed by atoms with E-state index in [2.05, 4.69) is 128 Å². The minimum Gasteiger partial charge on any atom is -0.395 e. The second-order valence-corrected chi connectivity index (χ2v) is 26.4. The van der Waals surface area contributed by atoms with Crippen LogP contribution in [0.3, 0.4) is 0 Å². The van der Waals surface area contributed by atoms with Gasteiger partial charge in [0.05, 0.1) is 93.6 Å². The van der Waals surface area contributed by atoms with Gasteiger partial charge in [-0.3, -0.25) is 5.10 Å². The highest BCUT2D eigenvalue weighted by Gasteiger charge is 2.25. The molecule has 0 amide bonds. The number of aliphatic hydroxyl groups is 3. The number of nitrogens with two attached hydrogens (primary N) is 2. The van der Waals surface area contributed by atoms with Gasteiger partial charge in [0, 0.05) is 77.6 Å². The molecule has 9 aromatic heterocycles. The van der Waals surface area contributed by atoms with Crippen molar-refractivity contribution in [3.8, 4) is 31.7 Å². The summed E-state index contributed by atoms with van der Waals surface area (Å²) in [6, 6.07) is 18.0. The number of aromatic nitrogens is 9. The number of hydrogen-bond donors (Lipinski definition) is 10. The molecular weight excluding hydrogens is 1150 g/mol. The first-order valence-corrected chi connectivity index (χ1v) is 30.7. The van der Waals surface area contributed by atoms with E-state index in [1.54, 1.807) is 53.2 Å². The number of anilines is 5. The molecule has 2 saturated heterocycles. The van der Waals surface area contributed by atoms with Crippen LogP contribution in [0.25, 0.3) is 62.4 Å². The average molecular weight is 1230 g/mol. The van der Waals surface area contributed by atoms with E-state index in [9.17, 15) is 10.2 Å². The van der Waals surface area contributed by atoms with Crippen molar-refractivity contribution < 1.29 is 24.8 Å². The number of nitrogen functional groups attached to an aromatic ring is 1. The van der Waals surface area contributed by atoms with Crippen molar-refractivity contribution in [2.24, 2.45) is 5.73 Å². The predicted octanol–water partition coefficient (Wildman–Crippen LogP) is 12.1. The molecule has 12 N–H and O–H groups in total. The Hall–Kier alpha value is -5.80. The van der Waals surface area contributed by atoms with Gasteiger partial charge >= 0.3 is 0 Å². The molecule has 81 heavy (non-hydrogen) atoms. The number of pyridine rings is 3. The van der Waals surface area contributed by atoms with Crippen molar-refractivity contribution in [3.63, 3.8) is 0 Å². The van der Waals surface area contributed by atoms with Crippen LogP contribution in [0.15, 0.2) is 77.7 Å². The molecule has 11 rings (SSSR count). The SMILES string of the molecule is CC(C)(C)Nc1cc(Br)c2sc(-c3ccnn3C3CCCCO3)cc2n1.C[C@@H](CO)Nc1cc(N)nc2cc(-c3ccn[nH]3)sc12.C[C@@H](CO)Nc1cc(NC(C)(C)C)nc2cc(-c3ccnn3C3CCCCO3)sc12.C[C@H](N)CO. The van der Waals surface area contributed by atoms with E-state index in [1.807, 2.05) is 59.9 Å². The Bertz CT molecular complexity index is 3420. The maximum Gasteiger partial charge on any atom is 0.150 e. The highest BCUT2D eigenvalue weighted by Crippen LogP contribution is 2.42. The van der Waals surface area contributed by atoms with Gasteiger partial charge in [-0.1, -0.05) is 0 Å². The lowest BCUT2D eigenvalue weighted by atomic mass is 10.1. The standard InChI is InChI=1S/C22H31N5O2S.C19H23BrN4OS.C13H15N5OS.C3H9NO/c1-14(13-28)24-16-12-19(26-22(2,3)4)25-15-11-18(30-21(15)16)17-8-9-23-27(17)20-7-5-6-10-29-20;1-19(2,3)23-16-10-12(20)18-13(22-16)11-15(26-18)14-7-8-21-24(14)17-6-4-5-9-25-17;1-7(6-19)16-10-5-12(14)17-9-4-11(20-13(9)10)8-2-3-15-18-8;1-3(4)2-5/h8-9,11-12,14,20,28H,5-7,10,13H2,1-4H3,(H2,24,25,26);7-8,10-11,17H,4-6,9H2,1-3H3,(H,22,23);2-5,7,19H,6H2,1H3,(H,15,18)(H3,14,16,17);3,5H,2,4H2,1H3/t14-,20?;;7-;3-/m0.00/s1. The molecule has 9 aromatic rings. The summed E-state index contributed by atoms with van der Waals surface area (Å²) in [5.41, 5.74) is 18.5. The maximum atomic E-state index is 9.54. The Kier molecular flexibility index (Phi) is 20.8. The van der Waals surface area contributed by atoms with E-state index < -0.39 is 0 Å². The Morgan fingerprint density at radius 3 is 1.58 bits per heavy atom. The number of ether oxygens (including phenoxy) is 2. The smallest absolute Gasteiger partial charge is 0.150 e. The van der Waals surface area contributed by atoms with Crippen LogP contribution in [0.2, 0.25) is 0 Å². The number of thiophene rings is 3. The first-order valence-electron chi connectivity index (χ1n) is 27.4. The van der Waals surface area contributed by atoms with Gasteiger partial charge in [0.1, 0.15) is 17.5 Å². The van der Waals surface area contributed by atoms with Crippen LogP contribution >= 0.6 is 49.9 Å². The molecule has 24 heteroatoms. The van der Waals surface area contributed by atoms with Crippen molar-refractivity contribution >= 4 is 109 Å². The third kappa shape index (κ3) is 16.5. The number of aliphatic hydroxyl groups excluding tert-OH is 3. The first-order chi connectivity index (χ1) is 38.7. The summed E-state index contributed by atoms with van der Waals surface area (Å²) in [7, 11) is 0. The molecule has 0 radical (unpaired) electrons. The number of aromatic amines is 1. The van der Waals surface area contributed by atoms with E-state index in [4.69, 9.17) is 36.0 Å². The van der Waals surface area contributed by atoms with E-state index in [0.717, 1.165) is 135 Å². The molecule has 5 atom stereocenters. The fourth-order valence-electron chi connectivity index (χ4n) is 8.87. The van der Waals surface area contributed by atoms with Gasteiger partial charge in [-0.25, -0.2) is 24.3 Å². The topological polar surface area (TPSA) is 282 Å². The third-order valence-electron chi connectivity index (χ3n) is 12.5. The Morgan fingerprint density at radius 2 is 1.11 bits per heavy atom. The van der Waals surface area contributed by atoms with Crippen molar-refractivity contribution in [1.82, 2.24) is 44.7 Å². The number of halogens is 1. The monoisotopic (exact) mass is 1230 g/mol. The van der Waals surface area contributed by atoms with Gasteiger partial charge in [0.15, 0.2) is 12.5 Å². The number of H-pyrrole nitrogens is 1. The molecule has 2 aliphatic heterocycles. The molecule has 11 heterocycles. The van der Waals surface area contributed by atoms with Crippen molar-refractivity contribution in [1.29, 1.82) is 0 Å². The van der Waals surface area contributed by atoms with Crippen LogP contribution < -0.4 is 32.7 Å². The number of nitrogens with zero attached hydrogens (tertiary/aromatic N) is 8. The van der Waals surface area contributed by atoms with E-state index in [0.29, 0.717) is 5.82 Å². The summed E-state index contributed by atoms with van der Waals surface area (Å²) in [4.78, 5) is 17.3. The molecule has 20 nitrogen and oxygen atoms in total. The van der Waals surface area contributed by atoms with Crippen LogP contribution in [-0.4, -0.2) is 122 Å². The quantitative estimate of drug-likeness (QED) is 0.0484. The van der Waals surface area contributed by atoms with Gasteiger partial charge in [-0.2, -0.15) is 15.3 Å². The number of rotatable bonds is 14. The average Bonchev–Trinajstić information content (AvgIpc) is 4.30. The highest BCUT2D eigenvalue weighted by atomic mass is 79.9. The summed E-state index contributed by atoms with van der Waals surface area (Å²) in [5.74, 6) is 2.15. The normalized spacial score (nSPS) is 16.8. The predicted molar refractivity (Wildman–Crippen MR) is 337 cm³/mol. The van der Waals surface area contributed by atoms with Crippen LogP contribution in [0.1, 0.15) is 113 Å². The molecule has 2 aliphatic rings. The van der Waals surface area contributed by atoms with Crippen LogP contribution in [0.4, 0.5) is 28.8 Å². The zero-order valence-electron chi connectivity index (χ0n) is 47.6. The lowest BCUT2D eigenvalue weighted by Crippen LogP contribution is -2.27. The van der Waals surface area contributed by atoms with Gasteiger partial charge < -0.3 is 57.5 Å². The second kappa shape index (κ2) is 27.5. The second-order valence-electron chi connectivity index (χ2n) is 22.4. The molecule has 0 saturated carbocycles. The lowest BCUT2D eigenvalue weighted by Gasteiger charge is -2.24. The van der Waals surface area contributed by atoms with Gasteiger partial charge in [-0.05, 0) is 159 Å². The number of fused-ring (bicyclic) bond motifs is 3. The summed E-state index contributed by atoms with van der Waals surface area (Å²) in [6.07, 6.45) is 12.0. The first kappa shape index (κ1) is 61.3. The minimum atomic E-state index is -0.101. The molecule has 436 valence electrons. The van der Waals surface area contributed by atoms with E-state index in [-0.39, 0.29) is 61.5 Å². The van der Waals surface area contributed by atoms with Gasteiger partial charge in [0.2, 0.25) is 0 Å². The van der Waals surface area contributed by atoms with Crippen LogP contribution in [0, 0.1) is 0 Å². The fraction of sp³-hybridized carbons (Fsp3) is 0.474. The molecule has 0 aliphatic carbocycles. The summed E-state index contributed by atoms with van der Waals surface area (Å²) in [5, 5.41) is 56.3. The zero-order chi connectivity index (χ0) is 58.0. The molecule has 2 fully saturated rings. The third-order valence-corrected chi connectivity index (χ3v) is 17.0. The Balaban J connectivity index is 0.000000155. The van der Waals surface area contributed by atoms with Crippen LogP contribution in [0.5, 0.6) is 0 Å². The van der Waals surface area contributed by atoms with Crippen molar-refractivity contribution in [3.05, 3.63) is 77.7 Å². The number of nitrogens with one attached hydrogen (secondary N) is 5. The Labute approximate surface area is 493 Å². The van der Waals surface area contributed by atoms with E-state index >= 15 is 0 Å². The number of hydrogen-bond acceptors (Lipinski definition) is 20. The Morgan fingerprint density at radius 1 is 0.642 bits per heavy atom. The fourth-order valence-corrected chi connectivity index (χ4v) is 12.7. The van der Waals surface area contributed by atoms with Gasteiger partial charge in [-0.15, -0.1) is 34.0 Å². The lowest BCUT2D eigenvalue weighted by molar-refractivity contribution is -0.0384. The highest BCUT2D eigenvalue weighted by molar-refractivity contribution is 9.10. The largest absolute Gasteiger partial charge is 0.395 e. The van der Waals surface area contributed by atoms with Crippen LogP contribution in [-0.2, 0) is 9.47 Å². The minimum absolute atomic E-state index is 0.00736. The molecule has 0 bridgehead atoms. The summed E-state index contributed by atoms with van der Waals surface area (Å²) < 4.78 is 20.2. The molecule has 0 spiro atoms. The molecular formula is C57H78BrN15O5S3.